The fourth-order valence-electron chi connectivity index (χ4n) is 3.09. The molecule has 0 fully saturated rings. The molecule has 3 nitrogen and oxygen atoms in total. The van der Waals surface area contributed by atoms with Crippen molar-refractivity contribution in [1.29, 1.82) is 0 Å². The number of nitrogens with one attached hydrogen (secondary N) is 1. The molecule has 0 aliphatic carbocycles. The van der Waals surface area contributed by atoms with Crippen LogP contribution in [0.3, 0.4) is 0 Å². The Bertz CT molecular complexity index is 1030. The summed E-state index contributed by atoms with van der Waals surface area (Å²) >= 11 is 24.5. The van der Waals surface area contributed by atoms with E-state index in [-0.39, 0.29) is 12.4 Å². The van der Waals surface area contributed by atoms with Gasteiger partial charge in [-0.05, 0) is 55.8 Å². The lowest BCUT2D eigenvalue weighted by atomic mass is 10.1. The van der Waals surface area contributed by atoms with E-state index < -0.39 is 0 Å². The molecule has 3 rings (SSSR count). The lowest BCUT2D eigenvalue weighted by Crippen LogP contribution is -2.17. The van der Waals surface area contributed by atoms with Crippen LogP contribution in [0.4, 0.5) is 0 Å². The Hall–Kier alpha value is -1.33. The van der Waals surface area contributed by atoms with Crippen molar-refractivity contribution in [2.45, 2.75) is 26.5 Å². The molecule has 3 aromatic rings. The first-order valence-corrected chi connectivity index (χ1v) is 11.4. The van der Waals surface area contributed by atoms with E-state index in [4.69, 9.17) is 55.9 Å². The van der Waals surface area contributed by atoms with Gasteiger partial charge in [0.1, 0.15) is 6.61 Å². The topological polar surface area (TPSA) is 30.5 Å². The minimum Gasteiger partial charge on any atom is -0.490 e. The third-order valence-electron chi connectivity index (χ3n) is 4.65. The Morgan fingerprint density at radius 2 is 1.44 bits per heavy atom. The van der Waals surface area contributed by atoms with Gasteiger partial charge in [-0.2, -0.15) is 0 Å². The maximum atomic E-state index is 6.29. The highest BCUT2D eigenvalue weighted by atomic mass is 35.5. The molecular weight excluding hydrogens is 512 g/mol. The van der Waals surface area contributed by atoms with Gasteiger partial charge in [-0.25, -0.2) is 0 Å². The van der Waals surface area contributed by atoms with Crippen LogP contribution >= 0.6 is 58.8 Å². The predicted octanol–water partition coefficient (Wildman–Crippen LogP) is 8.03. The van der Waals surface area contributed by atoms with Crippen LogP contribution in [0.1, 0.15) is 23.6 Å². The van der Waals surface area contributed by atoms with Gasteiger partial charge >= 0.3 is 0 Å². The fourth-order valence-corrected chi connectivity index (χ4v) is 4.06. The second-order valence-electron chi connectivity index (χ2n) is 6.86. The molecule has 32 heavy (non-hydrogen) atoms. The highest BCUT2D eigenvalue weighted by molar-refractivity contribution is 6.35. The van der Waals surface area contributed by atoms with Crippen molar-refractivity contribution in [3.63, 3.8) is 0 Å². The van der Waals surface area contributed by atoms with Gasteiger partial charge in [-0.1, -0.05) is 70.7 Å². The number of rotatable bonds is 10. The molecule has 0 heterocycles. The van der Waals surface area contributed by atoms with Crippen LogP contribution in [0.5, 0.6) is 11.5 Å². The Labute approximate surface area is 215 Å². The van der Waals surface area contributed by atoms with Gasteiger partial charge < -0.3 is 14.8 Å². The highest BCUT2D eigenvalue weighted by Crippen LogP contribution is 2.33. The van der Waals surface area contributed by atoms with E-state index in [9.17, 15) is 0 Å². The van der Waals surface area contributed by atoms with Crippen LogP contribution < -0.4 is 14.8 Å². The van der Waals surface area contributed by atoms with Crippen LogP contribution in [0.2, 0.25) is 20.1 Å². The summed E-state index contributed by atoms with van der Waals surface area (Å²) in [5, 5.41) is 5.92. The summed E-state index contributed by atoms with van der Waals surface area (Å²) in [6.45, 7) is 4.18. The number of para-hydroxylation sites is 1. The van der Waals surface area contributed by atoms with Gasteiger partial charge in [0.05, 0.1) is 6.61 Å². The van der Waals surface area contributed by atoms with Gasteiger partial charge in [-0.15, -0.1) is 12.4 Å². The highest BCUT2D eigenvalue weighted by Gasteiger charge is 2.13. The van der Waals surface area contributed by atoms with Crippen molar-refractivity contribution in [2.24, 2.45) is 0 Å². The quantitative estimate of drug-likeness (QED) is 0.267. The second kappa shape index (κ2) is 13.4. The Balaban J connectivity index is 0.00000363. The lowest BCUT2D eigenvalue weighted by molar-refractivity contribution is 0.266. The monoisotopic (exact) mass is 533 g/mol. The molecule has 0 bridgehead atoms. The SMILES string of the molecule is CCOc1cccc(CNCCc2ccc(Cl)cc2Cl)c1OCc1ccc(Cl)cc1Cl.Cl. The number of ether oxygens (including phenoxy) is 2. The molecule has 0 saturated carbocycles. The summed E-state index contributed by atoms with van der Waals surface area (Å²) in [6, 6.07) is 16.8. The van der Waals surface area contributed by atoms with Crippen molar-refractivity contribution in [2.75, 3.05) is 13.2 Å². The Morgan fingerprint density at radius 1 is 0.781 bits per heavy atom. The summed E-state index contributed by atoms with van der Waals surface area (Å²) in [5.74, 6) is 1.40. The van der Waals surface area contributed by atoms with E-state index in [1.807, 2.05) is 43.3 Å². The summed E-state index contributed by atoms with van der Waals surface area (Å²) in [5.41, 5.74) is 2.90. The predicted molar refractivity (Wildman–Crippen MR) is 138 cm³/mol. The van der Waals surface area contributed by atoms with Crippen LogP contribution in [-0.2, 0) is 19.6 Å². The van der Waals surface area contributed by atoms with Crippen molar-refractivity contribution in [1.82, 2.24) is 5.32 Å². The molecular formula is C24H24Cl5NO2. The number of benzene rings is 3. The van der Waals surface area contributed by atoms with E-state index in [1.165, 1.54) is 0 Å². The molecule has 0 aromatic heterocycles. The Kier molecular flexibility index (Phi) is 11.3. The number of halogens is 5. The number of hydrogen-bond acceptors (Lipinski definition) is 3. The van der Waals surface area contributed by atoms with E-state index >= 15 is 0 Å². The van der Waals surface area contributed by atoms with Crippen molar-refractivity contribution in [3.05, 3.63) is 91.4 Å². The van der Waals surface area contributed by atoms with Crippen LogP contribution in [0.15, 0.2) is 54.6 Å². The molecule has 0 radical (unpaired) electrons. The summed E-state index contributed by atoms with van der Waals surface area (Å²) in [4.78, 5) is 0. The molecule has 1 N–H and O–H groups in total. The van der Waals surface area contributed by atoms with Crippen molar-refractivity contribution in [3.8, 4) is 11.5 Å². The first-order valence-electron chi connectivity index (χ1n) is 9.94. The second-order valence-corrected chi connectivity index (χ2v) is 8.55. The first kappa shape index (κ1) is 26.9. The molecule has 3 aromatic carbocycles. The van der Waals surface area contributed by atoms with Crippen molar-refractivity contribution < 1.29 is 9.47 Å². The minimum atomic E-state index is 0. The average molecular weight is 536 g/mol. The molecule has 0 spiro atoms. The van der Waals surface area contributed by atoms with E-state index in [0.29, 0.717) is 51.3 Å². The fraction of sp³-hybridized carbons (Fsp3) is 0.250. The van der Waals surface area contributed by atoms with Gasteiger partial charge in [0.25, 0.3) is 0 Å². The van der Waals surface area contributed by atoms with Gasteiger partial charge in [0, 0.05) is 37.8 Å². The van der Waals surface area contributed by atoms with E-state index in [1.54, 1.807) is 18.2 Å². The van der Waals surface area contributed by atoms with Crippen molar-refractivity contribution >= 4 is 58.8 Å². The third-order valence-corrected chi connectivity index (χ3v) is 5.82. The van der Waals surface area contributed by atoms with E-state index in [0.717, 1.165) is 29.7 Å². The molecule has 172 valence electrons. The summed E-state index contributed by atoms with van der Waals surface area (Å²) in [7, 11) is 0. The lowest BCUT2D eigenvalue weighted by Gasteiger charge is -2.17. The molecule has 8 heteroatoms. The molecule has 0 aliphatic heterocycles. The maximum absolute atomic E-state index is 6.29. The first-order chi connectivity index (χ1) is 15.0. The standard InChI is InChI=1S/C24H23Cl4NO2.ClH/c1-2-30-23-5-3-4-17(14-29-11-10-16-6-8-19(25)12-21(16)27)24(23)31-15-18-7-9-20(26)13-22(18)28;/h3-9,12-13,29H,2,10-11,14-15H2,1H3;1H. The van der Waals surface area contributed by atoms with E-state index in [2.05, 4.69) is 5.32 Å². The largest absolute Gasteiger partial charge is 0.490 e. The number of hydrogen-bond donors (Lipinski definition) is 1. The average Bonchev–Trinajstić information content (AvgIpc) is 2.73. The molecule has 0 unspecified atom stereocenters. The zero-order valence-corrected chi connectivity index (χ0v) is 21.3. The normalized spacial score (nSPS) is 10.5. The molecule has 0 atom stereocenters. The van der Waals surface area contributed by atoms with Crippen LogP contribution in [-0.4, -0.2) is 13.2 Å². The third kappa shape index (κ3) is 7.62. The van der Waals surface area contributed by atoms with Crippen LogP contribution in [0.25, 0.3) is 0 Å². The molecule has 0 aliphatic rings. The maximum Gasteiger partial charge on any atom is 0.166 e. The van der Waals surface area contributed by atoms with Gasteiger partial charge in [0.15, 0.2) is 11.5 Å². The summed E-state index contributed by atoms with van der Waals surface area (Å²) in [6.07, 6.45) is 0.789. The smallest absolute Gasteiger partial charge is 0.166 e. The van der Waals surface area contributed by atoms with Crippen LogP contribution in [0, 0.1) is 0 Å². The van der Waals surface area contributed by atoms with Gasteiger partial charge in [-0.3, -0.25) is 0 Å². The minimum absolute atomic E-state index is 0. The molecule has 0 amide bonds. The zero-order chi connectivity index (χ0) is 22.2. The zero-order valence-electron chi connectivity index (χ0n) is 17.5. The Morgan fingerprint density at radius 3 is 2.06 bits per heavy atom. The molecule has 0 saturated heterocycles. The summed E-state index contributed by atoms with van der Waals surface area (Å²) < 4.78 is 11.9. The van der Waals surface area contributed by atoms with Gasteiger partial charge in [0.2, 0.25) is 0 Å².